The van der Waals surface area contributed by atoms with Crippen LogP contribution in [0.3, 0.4) is 0 Å². The van der Waals surface area contributed by atoms with Crippen molar-refractivity contribution >= 4 is 45.1 Å². The van der Waals surface area contributed by atoms with Crippen LogP contribution in [0.2, 0.25) is 0 Å². The smallest absolute Gasteiger partial charge is 0.319 e. The molecule has 1 N–H and O–H groups in total. The molecule has 0 aliphatic carbocycles. The molecule has 1 aliphatic rings. The predicted octanol–water partition coefficient (Wildman–Crippen LogP) is 2.41. The minimum atomic E-state index is -3.14. The molecule has 32 heavy (non-hydrogen) atoms. The van der Waals surface area contributed by atoms with Crippen LogP contribution in [-0.4, -0.2) is 72.3 Å². The average Bonchev–Trinajstić information content (AvgIpc) is 3.10. The van der Waals surface area contributed by atoms with E-state index < -0.39 is 39.6 Å². The number of thioether (sulfide) groups is 1. The van der Waals surface area contributed by atoms with E-state index >= 15 is 0 Å². The van der Waals surface area contributed by atoms with Crippen LogP contribution in [0.15, 0.2) is 24.3 Å². The molecule has 0 radical (unpaired) electrons. The summed E-state index contributed by atoms with van der Waals surface area (Å²) in [5.74, 6) is -1.15. The van der Waals surface area contributed by atoms with Gasteiger partial charge in [0.1, 0.15) is 5.25 Å². The second-order valence-corrected chi connectivity index (χ2v) is 11.6. The molecule has 0 saturated carbocycles. The van der Waals surface area contributed by atoms with Gasteiger partial charge in [-0.25, -0.2) is 8.42 Å². The molecule has 1 aromatic rings. The van der Waals surface area contributed by atoms with E-state index in [9.17, 15) is 22.8 Å². The minimum absolute atomic E-state index is 0.0562. The zero-order valence-corrected chi connectivity index (χ0v) is 20.6. The van der Waals surface area contributed by atoms with E-state index in [2.05, 4.69) is 5.32 Å². The fourth-order valence-electron chi connectivity index (χ4n) is 3.43. The van der Waals surface area contributed by atoms with Crippen LogP contribution >= 0.6 is 11.8 Å². The van der Waals surface area contributed by atoms with E-state index in [0.29, 0.717) is 18.5 Å². The van der Waals surface area contributed by atoms with Gasteiger partial charge in [0.15, 0.2) is 16.4 Å². The fourth-order valence-corrected chi connectivity index (χ4v) is 5.82. The van der Waals surface area contributed by atoms with Gasteiger partial charge in [-0.1, -0.05) is 24.6 Å². The highest BCUT2D eigenvalue weighted by Gasteiger charge is 2.36. The van der Waals surface area contributed by atoms with Crippen molar-refractivity contribution in [2.45, 2.75) is 57.9 Å². The van der Waals surface area contributed by atoms with Crippen molar-refractivity contribution in [1.29, 1.82) is 0 Å². The number of amides is 2. The average molecular weight is 485 g/mol. The van der Waals surface area contributed by atoms with E-state index in [1.54, 1.807) is 24.0 Å². The number of nitrogens with zero attached hydrogens (tertiary/aromatic N) is 1. The number of rotatable bonds is 10. The molecule has 1 saturated heterocycles. The van der Waals surface area contributed by atoms with Crippen LogP contribution in [-0.2, 0) is 29.0 Å². The summed E-state index contributed by atoms with van der Waals surface area (Å²) in [7, 11) is -3.14. The zero-order valence-electron chi connectivity index (χ0n) is 19.0. The van der Waals surface area contributed by atoms with Gasteiger partial charge in [-0.3, -0.25) is 14.4 Å². The molecule has 1 aromatic carbocycles. The normalized spacial score (nSPS) is 19.1. The summed E-state index contributed by atoms with van der Waals surface area (Å²) >= 11 is 1.12. The predicted molar refractivity (Wildman–Crippen MR) is 126 cm³/mol. The maximum Gasteiger partial charge on any atom is 0.319 e. The highest BCUT2D eigenvalue weighted by atomic mass is 32.2. The van der Waals surface area contributed by atoms with Crippen LogP contribution in [0, 0.1) is 6.92 Å². The molecule has 0 spiro atoms. The Balaban J connectivity index is 1.82. The summed E-state index contributed by atoms with van der Waals surface area (Å²) in [4.78, 5) is 38.7. The number of hydrogen-bond acceptors (Lipinski definition) is 7. The molecule has 2 amide bonds. The monoisotopic (exact) mass is 484 g/mol. The maximum atomic E-state index is 12.7. The third-order valence-electron chi connectivity index (χ3n) is 5.43. The number of hydrogen-bond donors (Lipinski definition) is 1. The molecule has 1 aliphatic heterocycles. The number of esters is 1. The van der Waals surface area contributed by atoms with E-state index in [4.69, 9.17) is 4.74 Å². The van der Waals surface area contributed by atoms with Crippen molar-refractivity contribution in [2.24, 2.45) is 0 Å². The van der Waals surface area contributed by atoms with Crippen molar-refractivity contribution in [3.63, 3.8) is 0 Å². The minimum Gasteiger partial charge on any atom is -0.455 e. The van der Waals surface area contributed by atoms with Gasteiger partial charge in [-0.15, -0.1) is 11.8 Å². The molecular weight excluding hydrogens is 452 g/mol. The maximum absolute atomic E-state index is 12.7. The molecule has 178 valence electrons. The van der Waals surface area contributed by atoms with Crippen molar-refractivity contribution in [1.82, 2.24) is 4.90 Å². The largest absolute Gasteiger partial charge is 0.455 e. The van der Waals surface area contributed by atoms with E-state index in [1.165, 1.54) is 0 Å². The highest BCUT2D eigenvalue weighted by Crippen LogP contribution is 2.22. The first-order valence-electron chi connectivity index (χ1n) is 10.7. The number of nitrogens with one attached hydrogen (secondary N) is 1. The van der Waals surface area contributed by atoms with Crippen LogP contribution in [0.25, 0.3) is 0 Å². The van der Waals surface area contributed by atoms with Crippen LogP contribution in [0.5, 0.6) is 0 Å². The van der Waals surface area contributed by atoms with Crippen LogP contribution < -0.4 is 5.32 Å². The molecule has 1 fully saturated rings. The van der Waals surface area contributed by atoms with Gasteiger partial charge >= 0.3 is 5.97 Å². The Bertz CT molecular complexity index is 917. The first-order valence-corrected chi connectivity index (χ1v) is 13.6. The van der Waals surface area contributed by atoms with Crippen LogP contribution in [0.4, 0.5) is 5.69 Å². The Morgan fingerprint density at radius 3 is 2.44 bits per heavy atom. The zero-order chi connectivity index (χ0) is 23.9. The SMILES string of the molecule is CC[C@H](C)N(C(=O)COC(=O)[C@H](C)SCC(=O)Nc1ccc(C)cc1)[C@@H]1CCS(=O)(=O)C1. The van der Waals surface area contributed by atoms with E-state index in [1.807, 2.05) is 32.9 Å². The van der Waals surface area contributed by atoms with Crippen molar-refractivity contribution in [3.05, 3.63) is 29.8 Å². The molecule has 2 rings (SSSR count). The van der Waals surface area contributed by atoms with Gasteiger partial charge in [-0.05, 0) is 45.7 Å². The summed E-state index contributed by atoms with van der Waals surface area (Å²) in [6, 6.07) is 6.85. The summed E-state index contributed by atoms with van der Waals surface area (Å²) < 4.78 is 28.8. The number of benzene rings is 1. The number of carbonyl (C=O) groups is 3. The molecular formula is C22H32N2O6S2. The van der Waals surface area contributed by atoms with Gasteiger partial charge in [0.2, 0.25) is 5.91 Å². The lowest BCUT2D eigenvalue weighted by Gasteiger charge is -2.33. The highest BCUT2D eigenvalue weighted by molar-refractivity contribution is 8.01. The Morgan fingerprint density at radius 1 is 1.22 bits per heavy atom. The molecule has 0 bridgehead atoms. The number of sulfone groups is 1. The van der Waals surface area contributed by atoms with Crippen LogP contribution in [0.1, 0.15) is 39.2 Å². The lowest BCUT2D eigenvalue weighted by Crippen LogP contribution is -2.48. The Morgan fingerprint density at radius 2 is 1.88 bits per heavy atom. The molecule has 0 unspecified atom stereocenters. The van der Waals surface area contributed by atoms with Crippen molar-refractivity contribution in [3.8, 4) is 0 Å². The van der Waals surface area contributed by atoms with E-state index in [-0.39, 0.29) is 29.2 Å². The Hall–Kier alpha value is -2.07. The molecule has 10 heteroatoms. The fraction of sp³-hybridized carbons (Fsp3) is 0.591. The van der Waals surface area contributed by atoms with Crippen molar-refractivity contribution in [2.75, 3.05) is 29.2 Å². The van der Waals surface area contributed by atoms with Gasteiger partial charge in [0.05, 0.1) is 17.3 Å². The Kier molecular flexibility index (Phi) is 9.57. The Labute approximate surface area is 194 Å². The van der Waals surface area contributed by atoms with Gasteiger partial charge < -0.3 is 15.0 Å². The molecule has 8 nitrogen and oxygen atoms in total. The van der Waals surface area contributed by atoms with Gasteiger partial charge in [0, 0.05) is 17.8 Å². The number of carbonyl (C=O) groups excluding carboxylic acids is 3. The standard InChI is InChI=1S/C22H32N2O6S2/c1-5-16(3)24(19-10-11-32(28,29)14-19)21(26)12-30-22(27)17(4)31-13-20(25)23-18-8-6-15(2)7-9-18/h6-9,16-17,19H,5,10-14H2,1-4H3,(H,23,25)/t16-,17-,19+/m0/s1. The molecule has 0 aromatic heterocycles. The lowest BCUT2D eigenvalue weighted by molar-refractivity contribution is -0.153. The number of anilines is 1. The third kappa shape index (κ3) is 7.81. The molecule has 1 heterocycles. The first kappa shape index (κ1) is 26.2. The van der Waals surface area contributed by atoms with Crippen molar-refractivity contribution < 1.29 is 27.5 Å². The molecule has 3 atom stereocenters. The first-order chi connectivity index (χ1) is 15.0. The second kappa shape index (κ2) is 11.7. The summed E-state index contributed by atoms with van der Waals surface area (Å²) in [6.45, 7) is 6.90. The number of ether oxygens (including phenoxy) is 1. The summed E-state index contributed by atoms with van der Waals surface area (Å²) in [5, 5.41) is 2.13. The van der Waals surface area contributed by atoms with Gasteiger partial charge in [0.25, 0.3) is 5.91 Å². The van der Waals surface area contributed by atoms with E-state index in [0.717, 1.165) is 17.3 Å². The lowest BCUT2D eigenvalue weighted by atomic mass is 10.1. The second-order valence-electron chi connectivity index (χ2n) is 8.09. The summed E-state index contributed by atoms with van der Waals surface area (Å²) in [5.41, 5.74) is 1.77. The quantitative estimate of drug-likeness (QED) is 0.508. The summed E-state index contributed by atoms with van der Waals surface area (Å²) in [6.07, 6.45) is 1.06. The third-order valence-corrected chi connectivity index (χ3v) is 8.30. The number of aryl methyl sites for hydroxylation is 1. The topological polar surface area (TPSA) is 110 Å². The van der Waals surface area contributed by atoms with Gasteiger partial charge in [-0.2, -0.15) is 0 Å².